The summed E-state index contributed by atoms with van der Waals surface area (Å²) in [5.74, 6) is 2.50. The number of hydrogen-bond donors (Lipinski definition) is 0. The van der Waals surface area contributed by atoms with E-state index in [1.54, 1.807) is 0 Å². The van der Waals surface area contributed by atoms with Crippen molar-refractivity contribution in [3.8, 4) is 0 Å². The van der Waals surface area contributed by atoms with Gasteiger partial charge in [-0.25, -0.2) is 0 Å². The topological polar surface area (TPSA) is 0 Å². The van der Waals surface area contributed by atoms with E-state index in [4.69, 9.17) is 0 Å². The molecule has 0 heterocycles. The van der Waals surface area contributed by atoms with Gasteiger partial charge in [-0.15, -0.1) is 0 Å². The lowest BCUT2D eigenvalue weighted by Crippen LogP contribution is -1.91. The summed E-state index contributed by atoms with van der Waals surface area (Å²) in [6.45, 7) is 55.5. The second-order valence-corrected chi connectivity index (χ2v) is 28.8. The van der Waals surface area contributed by atoms with Crippen LogP contribution >= 0.6 is 0 Å². The monoisotopic (exact) mass is 1560 g/mol. The maximum Gasteiger partial charge on any atom is -0.00139 e. The van der Waals surface area contributed by atoms with Crippen molar-refractivity contribution in [2.24, 2.45) is 17.8 Å². The van der Waals surface area contributed by atoms with Gasteiger partial charge in [0.1, 0.15) is 0 Å². The first-order valence-corrected chi connectivity index (χ1v) is 44.8. The minimum Gasteiger partial charge on any atom is -0.0683 e. The van der Waals surface area contributed by atoms with Crippen molar-refractivity contribution in [2.75, 3.05) is 0 Å². The number of rotatable bonds is 0. The lowest BCUT2D eigenvalue weighted by molar-refractivity contribution is 0.736. The molecule has 0 unspecified atom stereocenters. The van der Waals surface area contributed by atoms with E-state index in [0.29, 0.717) is 0 Å². The van der Waals surface area contributed by atoms with Crippen LogP contribution in [0.2, 0.25) is 0 Å². The molecule has 0 aromatic heterocycles. The Hall–Kier alpha value is -11.4. The first-order valence-electron chi connectivity index (χ1n) is 44.8. The molecule has 0 heteroatoms. The highest BCUT2D eigenvalue weighted by Crippen LogP contribution is 2.51. The van der Waals surface area contributed by atoms with Crippen LogP contribution in [0, 0.1) is 17.8 Å². The Morgan fingerprint density at radius 2 is 0.178 bits per heavy atom. The largest absolute Gasteiger partial charge is 0.0683 e. The summed E-state index contributed by atoms with van der Waals surface area (Å²) in [5, 5.41) is 47.2. The highest BCUT2D eigenvalue weighted by atomic mass is 14.2. The third-order valence-corrected chi connectivity index (χ3v) is 18.9. The first kappa shape index (κ1) is 95.4. The molecule has 0 spiro atoms. The fraction of sp³-hybridized carbons (Fsp3) is 0.254. The van der Waals surface area contributed by atoms with Gasteiger partial charge in [-0.3, -0.25) is 0 Å². The van der Waals surface area contributed by atoms with E-state index in [1.807, 2.05) is 234 Å². The summed E-state index contributed by atoms with van der Waals surface area (Å²) in [6, 6.07) is 117. The molecule has 23 aromatic carbocycles. The minimum absolute atomic E-state index is 0.833. The Morgan fingerprint density at radius 3 is 0.271 bits per heavy atom. The molecule has 0 saturated heterocycles. The second kappa shape index (κ2) is 48.9. The van der Waals surface area contributed by atoms with Gasteiger partial charge in [0.15, 0.2) is 0 Å². The molecule has 23 aromatic rings. The van der Waals surface area contributed by atoms with Crippen molar-refractivity contribution < 1.29 is 0 Å². The molecule has 610 valence electrons. The molecule has 0 nitrogen and oxygen atoms in total. The van der Waals surface area contributed by atoms with Gasteiger partial charge in [0.2, 0.25) is 0 Å². The van der Waals surface area contributed by atoms with E-state index in [0.717, 1.165) is 17.8 Å². The van der Waals surface area contributed by atoms with Gasteiger partial charge in [0, 0.05) is 0 Å². The van der Waals surface area contributed by atoms with E-state index < -0.39 is 0 Å². The molecule has 0 aliphatic heterocycles. The Labute approximate surface area is 710 Å². The zero-order valence-electron chi connectivity index (χ0n) is 76.9. The van der Waals surface area contributed by atoms with Crippen LogP contribution in [0.5, 0.6) is 0 Å². The van der Waals surface area contributed by atoms with E-state index in [9.17, 15) is 0 Å². The summed E-state index contributed by atoms with van der Waals surface area (Å²) in [7, 11) is 0. The third kappa shape index (κ3) is 21.3. The van der Waals surface area contributed by atoms with Crippen LogP contribution < -0.4 is 0 Å². The van der Waals surface area contributed by atoms with Gasteiger partial charge >= 0.3 is 0 Å². The maximum atomic E-state index is 2.27. The summed E-state index contributed by atoms with van der Waals surface area (Å²) in [6.07, 6.45) is 0. The van der Waals surface area contributed by atoms with Crippen LogP contribution in [0.15, 0.2) is 328 Å². The zero-order valence-corrected chi connectivity index (χ0v) is 76.9. The molecular weight excluding hydrogens is 1420 g/mol. The SMILES string of the molecule is CC.CC.CC.CC.CC.CC.CC.CC.CC.CC(C)C.CC(C)C.CC(C)C.c1cc2ccc3ccc4ccc5ccc6ccc1c1c2c3c4c5c61.c1cc2ccc3ccc4ccc5ccc6ccc1c1c2c3c4c5c61.c1cc2ccc3ccc4ccc5cccc6c(c1)c2c3c4c56.c1ccccc1.c1ccccc1.c1ccccc1. The van der Waals surface area contributed by atoms with Crippen LogP contribution in [0.4, 0.5) is 0 Å². The molecule has 0 aliphatic rings. The van der Waals surface area contributed by atoms with Crippen LogP contribution in [-0.4, -0.2) is 0 Å². The van der Waals surface area contributed by atoms with Gasteiger partial charge in [0.25, 0.3) is 0 Å². The molecule has 0 saturated carbocycles. The van der Waals surface area contributed by atoms with Crippen molar-refractivity contribution in [2.45, 2.75) is 187 Å². The predicted octanol–water partition coefficient (Wildman–Crippen LogP) is 39.4. The van der Waals surface area contributed by atoms with Gasteiger partial charge < -0.3 is 0 Å². The number of fused-ring (bicyclic) bond motifs is 1. The molecule has 0 N–H and O–H groups in total. The molecule has 23 rings (SSSR count). The first-order chi connectivity index (χ1) is 57.9. The normalized spacial score (nSPS) is 10.2. The molecular formula is C118H138. The summed E-state index contributed by atoms with van der Waals surface area (Å²) < 4.78 is 0. The quantitative estimate of drug-likeness (QED) is 0.105. The Morgan fingerprint density at radius 1 is 0.102 bits per heavy atom. The molecule has 0 aliphatic carbocycles. The smallest absolute Gasteiger partial charge is 0.00139 e. The standard InChI is InChI=1S/2C24H12.C22H12.3C6H6.3C4H10.9C2H6/c2*1-2-14-5-6-16-9-11-18-12-10-17-8-7-15-4-3-13(1)19-20(14)22(16)24(18)23(17)21(15)19;1-3-13-7-9-15-11-12-16-10-8-14-4-2-6-18-17(5-1)19(13)21(15)22(16)20(14)18;3*1-2-4-6-5-3-1;3*1-4(2)3;9*1-2/h2*1-12H;1-12H;3*1-6H;3*4H,1-3H3;9*1-2H3. The van der Waals surface area contributed by atoms with Crippen LogP contribution in [-0.2, 0) is 0 Å². The molecule has 0 radical (unpaired) electrons. The molecule has 0 fully saturated rings. The Bertz CT molecular complexity index is 5180. The summed E-state index contributed by atoms with van der Waals surface area (Å²) in [5.41, 5.74) is 0. The second-order valence-electron chi connectivity index (χ2n) is 28.8. The van der Waals surface area contributed by atoms with Crippen LogP contribution in [0.3, 0.4) is 0 Å². The molecule has 0 atom stereocenters. The van der Waals surface area contributed by atoms with Gasteiger partial charge in [-0.1, -0.05) is 515 Å². The number of benzene rings is 23. The van der Waals surface area contributed by atoms with Gasteiger partial charge in [-0.2, -0.15) is 0 Å². The van der Waals surface area contributed by atoms with E-state index in [1.165, 1.54) is 183 Å². The van der Waals surface area contributed by atoms with E-state index in [-0.39, 0.29) is 0 Å². The maximum absolute atomic E-state index is 2.27. The lowest BCUT2D eigenvalue weighted by atomic mass is 9.83. The fourth-order valence-corrected chi connectivity index (χ4v) is 15.2. The molecule has 0 bridgehead atoms. The van der Waals surface area contributed by atoms with Crippen molar-refractivity contribution in [3.63, 3.8) is 0 Å². The highest BCUT2D eigenvalue weighted by molar-refractivity contribution is 6.46. The van der Waals surface area contributed by atoms with Crippen molar-refractivity contribution in [1.82, 2.24) is 0 Å². The van der Waals surface area contributed by atoms with Crippen molar-refractivity contribution >= 4 is 183 Å². The fourth-order valence-electron chi connectivity index (χ4n) is 15.2. The average molecular weight is 1560 g/mol. The van der Waals surface area contributed by atoms with E-state index >= 15 is 0 Å². The number of hydrogen-bond acceptors (Lipinski definition) is 0. The Balaban J connectivity index is 0.000000217. The molecule has 118 heavy (non-hydrogen) atoms. The van der Waals surface area contributed by atoms with Crippen molar-refractivity contribution in [3.05, 3.63) is 328 Å². The zero-order chi connectivity index (χ0) is 86.5. The van der Waals surface area contributed by atoms with E-state index in [2.05, 4.69) is 281 Å². The summed E-state index contributed by atoms with van der Waals surface area (Å²) >= 11 is 0. The predicted molar refractivity (Wildman–Crippen MR) is 549 cm³/mol. The van der Waals surface area contributed by atoms with Crippen LogP contribution in [0.25, 0.3) is 183 Å². The summed E-state index contributed by atoms with van der Waals surface area (Å²) in [4.78, 5) is 0. The minimum atomic E-state index is 0.833. The third-order valence-electron chi connectivity index (χ3n) is 18.9. The highest BCUT2D eigenvalue weighted by Gasteiger charge is 2.22. The van der Waals surface area contributed by atoms with Crippen molar-refractivity contribution in [1.29, 1.82) is 0 Å². The average Bonchev–Trinajstić information content (AvgIpc) is 0.698. The van der Waals surface area contributed by atoms with Gasteiger partial charge in [-0.05, 0) is 201 Å². The Kier molecular flexibility index (Phi) is 39.6. The van der Waals surface area contributed by atoms with Gasteiger partial charge in [0.05, 0.1) is 0 Å². The van der Waals surface area contributed by atoms with Crippen LogP contribution in [0.1, 0.15) is 187 Å². The molecule has 0 amide bonds. The lowest BCUT2D eigenvalue weighted by Gasteiger charge is -2.20.